The van der Waals surface area contributed by atoms with E-state index < -0.39 is 15.8 Å². The predicted octanol–water partition coefficient (Wildman–Crippen LogP) is 2.35. The molecule has 0 radical (unpaired) electrons. The number of hydrogen-bond acceptors (Lipinski definition) is 5. The molecule has 2 aromatic rings. The van der Waals surface area contributed by atoms with Crippen LogP contribution in [0.4, 0.5) is 4.39 Å². The van der Waals surface area contributed by atoms with Gasteiger partial charge < -0.3 is 5.11 Å². The van der Waals surface area contributed by atoms with E-state index in [0.29, 0.717) is 19.5 Å². The second-order valence-corrected chi connectivity index (χ2v) is 11.1. The molecule has 2 aliphatic rings. The first-order valence-electron chi connectivity index (χ1n) is 11.7. The molecule has 2 heterocycles. The number of aliphatic hydroxyl groups is 1. The Kier molecular flexibility index (Phi) is 7.70. The molecule has 0 aliphatic carbocycles. The summed E-state index contributed by atoms with van der Waals surface area (Å²) in [5.74, 6) is 5.54. The Morgan fingerprint density at radius 3 is 2.47 bits per heavy atom. The van der Waals surface area contributed by atoms with Gasteiger partial charge in [0.1, 0.15) is 10.7 Å². The van der Waals surface area contributed by atoms with E-state index in [4.69, 9.17) is 0 Å². The summed E-state index contributed by atoms with van der Waals surface area (Å²) < 4.78 is 42.5. The minimum atomic E-state index is -3.96. The summed E-state index contributed by atoms with van der Waals surface area (Å²) in [5, 5.41) is 10.1. The van der Waals surface area contributed by atoms with E-state index >= 15 is 0 Å². The van der Waals surface area contributed by atoms with Gasteiger partial charge in [-0.3, -0.25) is 9.80 Å². The average molecular weight is 486 g/mol. The molecule has 6 nitrogen and oxygen atoms in total. The molecule has 182 valence electrons. The lowest BCUT2D eigenvalue weighted by Gasteiger charge is -2.57. The quantitative estimate of drug-likeness (QED) is 0.659. The molecule has 0 spiro atoms. The van der Waals surface area contributed by atoms with Gasteiger partial charge in [-0.25, -0.2) is 12.8 Å². The van der Waals surface area contributed by atoms with Crippen LogP contribution in [0.1, 0.15) is 29.9 Å². The van der Waals surface area contributed by atoms with E-state index in [2.05, 4.69) is 16.7 Å². The number of nitrogens with zero attached hydrogens (tertiary/aromatic N) is 3. The van der Waals surface area contributed by atoms with Crippen molar-refractivity contribution >= 4 is 10.0 Å². The molecular weight excluding hydrogens is 453 g/mol. The molecule has 2 aromatic carbocycles. The average Bonchev–Trinajstić information content (AvgIpc) is 2.78. The van der Waals surface area contributed by atoms with Crippen molar-refractivity contribution in [2.24, 2.45) is 0 Å². The normalized spacial score (nSPS) is 23.9. The van der Waals surface area contributed by atoms with Crippen LogP contribution < -0.4 is 0 Å². The third-order valence-corrected chi connectivity index (χ3v) is 8.61. The molecule has 0 saturated carbocycles. The van der Waals surface area contributed by atoms with Crippen molar-refractivity contribution in [1.29, 1.82) is 0 Å². The lowest BCUT2D eigenvalue weighted by molar-refractivity contribution is -0.0554. The van der Waals surface area contributed by atoms with Crippen molar-refractivity contribution in [1.82, 2.24) is 14.1 Å². The molecule has 0 bridgehead atoms. The summed E-state index contributed by atoms with van der Waals surface area (Å²) in [5.41, 5.74) is 1.98. The van der Waals surface area contributed by atoms with Gasteiger partial charge in [0.2, 0.25) is 10.0 Å². The molecule has 2 fully saturated rings. The summed E-state index contributed by atoms with van der Waals surface area (Å²) >= 11 is 0. The summed E-state index contributed by atoms with van der Waals surface area (Å²) in [6, 6.07) is 13.4. The van der Waals surface area contributed by atoms with Crippen molar-refractivity contribution in [3.05, 3.63) is 65.5 Å². The molecule has 8 heteroatoms. The highest BCUT2D eigenvalue weighted by atomic mass is 32.2. The first kappa shape index (κ1) is 24.8. The van der Waals surface area contributed by atoms with Gasteiger partial charge in [-0.15, -0.1) is 0 Å². The van der Waals surface area contributed by atoms with E-state index in [1.807, 2.05) is 43.3 Å². The summed E-state index contributed by atoms with van der Waals surface area (Å²) in [6.07, 6.45) is 1.52. The Labute approximate surface area is 202 Å². The zero-order valence-corrected chi connectivity index (χ0v) is 20.5. The first-order valence-corrected chi connectivity index (χ1v) is 13.1. The SMILES string of the molecule is CN(C)CC#Cc1ccc([C@H]2[C@@H](CO)N3CCCCN(S(=O)(=O)c4ccccc4F)C[C@@H]23)cc1. The van der Waals surface area contributed by atoms with Gasteiger partial charge in [0.05, 0.1) is 13.2 Å². The molecule has 0 aromatic heterocycles. The largest absolute Gasteiger partial charge is 0.395 e. The van der Waals surface area contributed by atoms with Crippen LogP contribution in [0.25, 0.3) is 0 Å². The molecule has 1 N–H and O–H groups in total. The standard InChI is InChI=1S/C26H32FN3O3S/c1-28(2)15-7-8-20-11-13-21(14-12-20)26-23-18-29(16-5-6-17-30(23)24(26)19-31)34(32,33)25-10-4-3-9-22(25)27/h3-4,9-14,23-24,26,31H,5-6,15-19H2,1-2H3/t23-,24+,26+/m0/s1. The van der Waals surface area contributed by atoms with Gasteiger partial charge in [-0.05, 0) is 63.3 Å². The van der Waals surface area contributed by atoms with E-state index in [-0.39, 0.29) is 36.0 Å². The summed E-state index contributed by atoms with van der Waals surface area (Å²) in [4.78, 5) is 3.93. The lowest BCUT2D eigenvalue weighted by atomic mass is 9.74. The minimum Gasteiger partial charge on any atom is -0.395 e. The van der Waals surface area contributed by atoms with Crippen LogP contribution >= 0.6 is 0 Å². The molecule has 2 aliphatic heterocycles. The van der Waals surface area contributed by atoms with Crippen molar-refractivity contribution in [2.45, 2.75) is 35.7 Å². The highest BCUT2D eigenvalue weighted by Gasteiger charge is 2.50. The lowest BCUT2D eigenvalue weighted by Crippen LogP contribution is -2.67. The fraction of sp³-hybridized carbons (Fsp3) is 0.462. The Morgan fingerprint density at radius 1 is 1.09 bits per heavy atom. The number of fused-ring (bicyclic) bond motifs is 1. The smallest absolute Gasteiger partial charge is 0.246 e. The van der Waals surface area contributed by atoms with Gasteiger partial charge in [-0.2, -0.15) is 4.31 Å². The zero-order chi connectivity index (χ0) is 24.3. The van der Waals surface area contributed by atoms with Gasteiger partial charge in [0, 0.05) is 36.7 Å². The fourth-order valence-corrected chi connectivity index (χ4v) is 6.57. The Morgan fingerprint density at radius 2 is 1.79 bits per heavy atom. The van der Waals surface area contributed by atoms with E-state index in [0.717, 1.165) is 24.1 Å². The van der Waals surface area contributed by atoms with Crippen molar-refractivity contribution in [3.8, 4) is 11.8 Å². The maximum atomic E-state index is 14.4. The van der Waals surface area contributed by atoms with E-state index in [1.54, 1.807) is 6.07 Å². The number of hydrogen-bond donors (Lipinski definition) is 1. The molecular formula is C26H32FN3O3S. The van der Waals surface area contributed by atoms with E-state index in [9.17, 15) is 17.9 Å². The second kappa shape index (κ2) is 10.5. The third-order valence-electron chi connectivity index (χ3n) is 6.71. The van der Waals surface area contributed by atoms with Gasteiger partial charge in [0.25, 0.3) is 0 Å². The minimum absolute atomic E-state index is 0.00558. The van der Waals surface area contributed by atoms with Crippen LogP contribution in [0, 0.1) is 17.7 Å². The Balaban J connectivity index is 1.59. The van der Waals surface area contributed by atoms with Crippen molar-refractivity contribution in [3.63, 3.8) is 0 Å². The highest BCUT2D eigenvalue weighted by molar-refractivity contribution is 7.89. The molecule has 4 rings (SSSR count). The number of benzene rings is 2. The van der Waals surface area contributed by atoms with Crippen molar-refractivity contribution < 1.29 is 17.9 Å². The van der Waals surface area contributed by atoms with Crippen LogP contribution in [0.5, 0.6) is 0 Å². The van der Waals surface area contributed by atoms with Gasteiger partial charge in [0.15, 0.2) is 0 Å². The van der Waals surface area contributed by atoms with Crippen LogP contribution in [0.15, 0.2) is 53.4 Å². The molecule has 0 unspecified atom stereocenters. The second-order valence-electron chi connectivity index (χ2n) is 9.24. The molecule has 2 saturated heterocycles. The van der Waals surface area contributed by atoms with Crippen LogP contribution in [0.3, 0.4) is 0 Å². The maximum absolute atomic E-state index is 14.4. The maximum Gasteiger partial charge on any atom is 0.246 e. The predicted molar refractivity (Wildman–Crippen MR) is 130 cm³/mol. The third kappa shape index (κ3) is 5.04. The zero-order valence-electron chi connectivity index (χ0n) is 19.7. The molecule has 0 amide bonds. The van der Waals surface area contributed by atoms with Crippen LogP contribution in [-0.4, -0.2) is 86.6 Å². The van der Waals surface area contributed by atoms with Crippen LogP contribution in [0.2, 0.25) is 0 Å². The highest BCUT2D eigenvalue weighted by Crippen LogP contribution is 2.42. The van der Waals surface area contributed by atoms with Crippen LogP contribution in [-0.2, 0) is 10.0 Å². The van der Waals surface area contributed by atoms with Gasteiger partial charge in [-0.1, -0.05) is 36.1 Å². The topological polar surface area (TPSA) is 64.1 Å². The summed E-state index contributed by atoms with van der Waals surface area (Å²) in [7, 11) is -0.0176. The molecule has 34 heavy (non-hydrogen) atoms. The number of aliphatic hydroxyl groups excluding tert-OH is 1. The Hall–Kier alpha value is -2.28. The summed E-state index contributed by atoms with van der Waals surface area (Å²) in [6.45, 7) is 2.13. The van der Waals surface area contributed by atoms with Crippen molar-refractivity contribution in [2.75, 3.05) is 46.9 Å². The Bertz CT molecular complexity index is 1160. The number of halogens is 1. The van der Waals surface area contributed by atoms with E-state index in [1.165, 1.54) is 22.5 Å². The molecule has 3 atom stereocenters. The monoisotopic (exact) mass is 485 g/mol. The fourth-order valence-electron chi connectivity index (χ4n) is 5.01. The number of rotatable bonds is 5. The first-order chi connectivity index (χ1) is 16.3. The van der Waals surface area contributed by atoms with Gasteiger partial charge >= 0.3 is 0 Å². The number of sulfonamides is 1.